The second-order valence-corrected chi connectivity index (χ2v) is 6.80. The zero-order valence-corrected chi connectivity index (χ0v) is 16.1. The molecular formula is C21H18F2N2O5. The average Bonchev–Trinajstić information content (AvgIpc) is 2.96. The van der Waals surface area contributed by atoms with Crippen molar-refractivity contribution in [2.45, 2.75) is 19.8 Å². The number of nitrogens with one attached hydrogen (secondary N) is 1. The number of phenolic OH excluding ortho intramolecular Hbond substituents is 1. The van der Waals surface area contributed by atoms with Gasteiger partial charge in [-0.05, 0) is 43.7 Å². The molecule has 1 atom stereocenters. The fourth-order valence-corrected chi connectivity index (χ4v) is 3.45. The average molecular weight is 416 g/mol. The van der Waals surface area contributed by atoms with E-state index in [9.17, 15) is 28.3 Å². The number of aromatic nitrogens is 1. The van der Waals surface area contributed by atoms with Gasteiger partial charge in [0.15, 0.2) is 11.6 Å². The molecule has 0 saturated heterocycles. The van der Waals surface area contributed by atoms with E-state index in [0.717, 1.165) is 22.8 Å². The third-order valence-corrected chi connectivity index (χ3v) is 4.84. The molecule has 3 rings (SSSR count). The highest BCUT2D eigenvalue weighted by Gasteiger charge is 2.28. The molecule has 9 heteroatoms. The van der Waals surface area contributed by atoms with Crippen molar-refractivity contribution in [2.24, 2.45) is 0 Å². The third kappa shape index (κ3) is 3.73. The minimum atomic E-state index is -1.23. The number of rotatable bonds is 5. The standard InChI is InChI=1S/C21H18F2N2O5/c1-10(20(29)24-9-18(27)28)19-11(2)25(16-8-15(23)17(26)7-14(16)19)21(30)12-4-3-5-13(22)6-12/h3-8,10,26H,9H2,1-2H3,(H,24,29)(H,27,28). The van der Waals surface area contributed by atoms with E-state index in [-0.39, 0.29) is 22.2 Å². The van der Waals surface area contributed by atoms with Crippen molar-refractivity contribution < 1.29 is 33.4 Å². The summed E-state index contributed by atoms with van der Waals surface area (Å²) in [7, 11) is 0. The van der Waals surface area contributed by atoms with Gasteiger partial charge in [-0.25, -0.2) is 8.78 Å². The lowest BCUT2D eigenvalue weighted by atomic mass is 9.97. The van der Waals surface area contributed by atoms with Gasteiger partial charge in [-0.3, -0.25) is 19.0 Å². The van der Waals surface area contributed by atoms with E-state index < -0.39 is 47.6 Å². The Morgan fingerprint density at radius 1 is 1.17 bits per heavy atom. The molecule has 30 heavy (non-hydrogen) atoms. The Balaban J connectivity index is 2.20. The van der Waals surface area contributed by atoms with Crippen molar-refractivity contribution in [3.8, 4) is 5.75 Å². The molecule has 1 heterocycles. The minimum absolute atomic E-state index is 0.0121. The summed E-state index contributed by atoms with van der Waals surface area (Å²) in [4.78, 5) is 36.3. The maximum absolute atomic E-state index is 14.1. The summed E-state index contributed by atoms with van der Waals surface area (Å²) < 4.78 is 28.8. The zero-order valence-electron chi connectivity index (χ0n) is 16.1. The van der Waals surface area contributed by atoms with Gasteiger partial charge >= 0.3 is 5.97 Å². The van der Waals surface area contributed by atoms with Crippen LogP contribution in [0.2, 0.25) is 0 Å². The molecule has 3 aromatic rings. The van der Waals surface area contributed by atoms with Crippen LogP contribution < -0.4 is 5.32 Å². The van der Waals surface area contributed by atoms with Crippen molar-refractivity contribution >= 4 is 28.7 Å². The van der Waals surface area contributed by atoms with Gasteiger partial charge < -0.3 is 15.5 Å². The number of carbonyl (C=O) groups is 3. The fraction of sp³-hybridized carbons (Fsp3) is 0.190. The number of hydrogen-bond acceptors (Lipinski definition) is 4. The molecule has 7 nitrogen and oxygen atoms in total. The van der Waals surface area contributed by atoms with E-state index in [1.165, 1.54) is 32.0 Å². The van der Waals surface area contributed by atoms with Crippen molar-refractivity contribution in [2.75, 3.05) is 6.54 Å². The van der Waals surface area contributed by atoms with Crippen molar-refractivity contribution in [1.82, 2.24) is 9.88 Å². The molecular weight excluding hydrogens is 398 g/mol. The van der Waals surface area contributed by atoms with Gasteiger partial charge in [0.05, 0.1) is 11.4 Å². The van der Waals surface area contributed by atoms with Crippen molar-refractivity contribution in [3.05, 3.63) is 64.9 Å². The van der Waals surface area contributed by atoms with Crippen LogP contribution in [0.5, 0.6) is 5.75 Å². The molecule has 2 aromatic carbocycles. The molecule has 0 saturated carbocycles. The van der Waals surface area contributed by atoms with E-state index in [4.69, 9.17) is 5.11 Å². The largest absolute Gasteiger partial charge is 0.505 e. The summed E-state index contributed by atoms with van der Waals surface area (Å²) >= 11 is 0. The van der Waals surface area contributed by atoms with E-state index >= 15 is 0 Å². The van der Waals surface area contributed by atoms with Gasteiger partial charge in [0.25, 0.3) is 5.91 Å². The number of amides is 1. The number of benzene rings is 2. The number of phenols is 1. The lowest BCUT2D eigenvalue weighted by Crippen LogP contribution is -2.32. The Morgan fingerprint density at radius 2 is 1.87 bits per heavy atom. The maximum Gasteiger partial charge on any atom is 0.322 e. The van der Waals surface area contributed by atoms with Crippen LogP contribution in [0.4, 0.5) is 8.78 Å². The summed E-state index contributed by atoms with van der Waals surface area (Å²) in [6.45, 7) is 2.43. The van der Waals surface area contributed by atoms with Crippen LogP contribution in [0.3, 0.4) is 0 Å². The van der Waals surface area contributed by atoms with E-state index in [2.05, 4.69) is 5.32 Å². The number of carboxylic acid groups (broad SMARTS) is 1. The van der Waals surface area contributed by atoms with Gasteiger partial charge in [0.2, 0.25) is 5.91 Å². The van der Waals surface area contributed by atoms with Crippen molar-refractivity contribution in [3.63, 3.8) is 0 Å². The van der Waals surface area contributed by atoms with Crippen LogP contribution in [0.15, 0.2) is 36.4 Å². The number of halogens is 2. The highest BCUT2D eigenvalue weighted by Crippen LogP contribution is 2.36. The van der Waals surface area contributed by atoms with Crippen LogP contribution in [0.25, 0.3) is 10.9 Å². The quantitative estimate of drug-likeness (QED) is 0.593. The van der Waals surface area contributed by atoms with Gasteiger partial charge in [-0.2, -0.15) is 0 Å². The smallest absolute Gasteiger partial charge is 0.322 e. The van der Waals surface area contributed by atoms with Crippen LogP contribution in [0.1, 0.15) is 34.5 Å². The first-order valence-corrected chi connectivity index (χ1v) is 8.95. The monoisotopic (exact) mass is 416 g/mol. The number of nitrogens with zero attached hydrogens (tertiary/aromatic N) is 1. The normalized spacial score (nSPS) is 12.0. The summed E-state index contributed by atoms with van der Waals surface area (Å²) in [5.41, 5.74) is 0.693. The Hall–Kier alpha value is -3.75. The molecule has 0 radical (unpaired) electrons. The number of hydrogen-bond donors (Lipinski definition) is 3. The molecule has 0 aliphatic rings. The van der Waals surface area contributed by atoms with Crippen LogP contribution in [0, 0.1) is 18.6 Å². The topological polar surface area (TPSA) is 109 Å². The van der Waals surface area contributed by atoms with E-state index in [1.54, 1.807) is 0 Å². The third-order valence-electron chi connectivity index (χ3n) is 4.84. The van der Waals surface area contributed by atoms with Crippen LogP contribution in [-0.4, -0.2) is 39.1 Å². The molecule has 0 aliphatic carbocycles. The number of carboxylic acids is 1. The first-order valence-electron chi connectivity index (χ1n) is 8.95. The Morgan fingerprint density at radius 3 is 2.50 bits per heavy atom. The predicted molar refractivity (Wildman–Crippen MR) is 103 cm³/mol. The minimum Gasteiger partial charge on any atom is -0.505 e. The summed E-state index contributed by atoms with van der Waals surface area (Å²) in [5, 5.41) is 21.1. The Bertz CT molecular complexity index is 1190. The molecule has 1 aromatic heterocycles. The number of aliphatic carboxylic acids is 1. The highest BCUT2D eigenvalue weighted by atomic mass is 19.1. The van der Waals surface area contributed by atoms with Gasteiger partial charge in [0.1, 0.15) is 12.4 Å². The lowest BCUT2D eigenvalue weighted by Gasteiger charge is -2.13. The van der Waals surface area contributed by atoms with Crippen LogP contribution >= 0.6 is 0 Å². The van der Waals surface area contributed by atoms with E-state index in [1.807, 2.05) is 0 Å². The first kappa shape index (κ1) is 21.0. The summed E-state index contributed by atoms with van der Waals surface area (Å²) in [6, 6.07) is 7.03. The fourth-order valence-electron chi connectivity index (χ4n) is 3.45. The van der Waals surface area contributed by atoms with Gasteiger partial charge in [0, 0.05) is 22.7 Å². The van der Waals surface area contributed by atoms with Crippen molar-refractivity contribution in [1.29, 1.82) is 0 Å². The maximum atomic E-state index is 14.1. The molecule has 0 fully saturated rings. The molecule has 3 N–H and O–H groups in total. The first-order chi connectivity index (χ1) is 14.1. The van der Waals surface area contributed by atoms with E-state index in [0.29, 0.717) is 5.56 Å². The summed E-state index contributed by atoms with van der Waals surface area (Å²) in [6.07, 6.45) is 0. The Labute approximate surface area is 169 Å². The van der Waals surface area contributed by atoms with Crippen LogP contribution in [-0.2, 0) is 9.59 Å². The Kier molecular flexibility index (Phi) is 5.55. The molecule has 0 aliphatic heterocycles. The number of fused-ring (bicyclic) bond motifs is 1. The second-order valence-electron chi connectivity index (χ2n) is 6.80. The highest BCUT2D eigenvalue weighted by molar-refractivity contribution is 6.05. The molecule has 0 spiro atoms. The summed E-state index contributed by atoms with van der Waals surface area (Å²) in [5.74, 6) is -5.68. The molecule has 1 amide bonds. The molecule has 0 bridgehead atoms. The lowest BCUT2D eigenvalue weighted by molar-refractivity contribution is -0.138. The van der Waals surface area contributed by atoms with Gasteiger partial charge in [-0.15, -0.1) is 0 Å². The molecule has 156 valence electrons. The number of aromatic hydroxyl groups is 1. The molecule has 1 unspecified atom stereocenters. The predicted octanol–water partition coefficient (Wildman–Crippen LogP) is 2.93. The van der Waals surface area contributed by atoms with Gasteiger partial charge in [-0.1, -0.05) is 6.07 Å². The SMILES string of the molecule is Cc1c(C(C)C(=O)NCC(=O)O)c2cc(O)c(F)cc2n1C(=O)c1cccc(F)c1. The zero-order chi connectivity index (χ0) is 22.2. The number of carbonyl (C=O) groups excluding carboxylic acids is 2. The second kappa shape index (κ2) is 7.94.